The first-order valence-electron chi connectivity index (χ1n) is 6.89. The highest BCUT2D eigenvalue weighted by molar-refractivity contribution is 5.73. The van der Waals surface area contributed by atoms with Crippen LogP contribution >= 0.6 is 0 Å². The lowest BCUT2D eigenvalue weighted by molar-refractivity contribution is -0.150. The van der Waals surface area contributed by atoms with E-state index in [2.05, 4.69) is 17.0 Å². The first kappa shape index (κ1) is 14.0. The number of rotatable bonds is 4. The molecule has 0 aliphatic carbocycles. The molecule has 2 atom stereocenters. The van der Waals surface area contributed by atoms with Crippen LogP contribution in [0.1, 0.15) is 18.9 Å². The Morgan fingerprint density at radius 2 is 2.16 bits per heavy atom. The van der Waals surface area contributed by atoms with Gasteiger partial charge in [-0.2, -0.15) is 0 Å². The second-order valence-corrected chi connectivity index (χ2v) is 5.03. The summed E-state index contributed by atoms with van der Waals surface area (Å²) < 4.78 is 5.10. The molecule has 0 aromatic heterocycles. The van der Waals surface area contributed by atoms with E-state index < -0.39 is 0 Å². The number of carbonyl (C=O) groups excluding carboxylic acids is 1. The number of nitrogens with zero attached hydrogens (tertiary/aromatic N) is 1. The van der Waals surface area contributed by atoms with Crippen molar-refractivity contribution in [1.82, 2.24) is 4.90 Å². The lowest BCUT2D eigenvalue weighted by atomic mass is 9.92. The standard InChI is InChI=1S/C15H22N2O2/c1-2-19-15(18)13-11-17(9-8-14(13)16)10-12-6-4-3-5-7-12/h3-7,13-14H,2,8-11,16H2,1H3/t13-,14-/m1/s1. The number of benzene rings is 1. The average molecular weight is 262 g/mol. The summed E-state index contributed by atoms with van der Waals surface area (Å²) in [4.78, 5) is 14.2. The van der Waals surface area contributed by atoms with Crippen LogP contribution in [0, 0.1) is 5.92 Å². The summed E-state index contributed by atoms with van der Waals surface area (Å²) in [5, 5.41) is 0. The third kappa shape index (κ3) is 3.78. The molecule has 1 aliphatic rings. The van der Waals surface area contributed by atoms with Crippen molar-refractivity contribution in [2.24, 2.45) is 11.7 Å². The first-order chi connectivity index (χ1) is 9.20. The van der Waals surface area contributed by atoms with E-state index in [1.165, 1.54) is 5.56 Å². The van der Waals surface area contributed by atoms with Crippen LogP contribution in [0.3, 0.4) is 0 Å². The number of likely N-dealkylation sites (tertiary alicyclic amines) is 1. The summed E-state index contributed by atoms with van der Waals surface area (Å²) in [6.45, 7) is 4.74. The third-order valence-corrected chi connectivity index (χ3v) is 3.59. The maximum atomic E-state index is 11.9. The largest absolute Gasteiger partial charge is 0.466 e. The van der Waals surface area contributed by atoms with E-state index in [-0.39, 0.29) is 17.9 Å². The SMILES string of the molecule is CCOC(=O)[C@@H]1CN(Cc2ccccc2)CC[C@H]1N. The molecule has 1 aliphatic heterocycles. The number of hydrogen-bond donors (Lipinski definition) is 1. The van der Waals surface area contributed by atoms with E-state index in [0.29, 0.717) is 13.2 Å². The molecule has 1 aromatic rings. The Morgan fingerprint density at radius 1 is 1.42 bits per heavy atom. The zero-order valence-electron chi connectivity index (χ0n) is 11.4. The number of carbonyl (C=O) groups is 1. The fourth-order valence-electron chi connectivity index (χ4n) is 2.52. The third-order valence-electron chi connectivity index (χ3n) is 3.59. The van der Waals surface area contributed by atoms with Gasteiger partial charge in [-0.3, -0.25) is 9.69 Å². The van der Waals surface area contributed by atoms with Crippen molar-refractivity contribution in [3.63, 3.8) is 0 Å². The van der Waals surface area contributed by atoms with Gasteiger partial charge in [0.25, 0.3) is 0 Å². The molecule has 19 heavy (non-hydrogen) atoms. The topological polar surface area (TPSA) is 55.6 Å². The number of hydrogen-bond acceptors (Lipinski definition) is 4. The Kier molecular flexibility index (Phi) is 4.93. The Balaban J connectivity index is 1.95. The van der Waals surface area contributed by atoms with E-state index in [1.807, 2.05) is 25.1 Å². The molecule has 4 heteroatoms. The highest BCUT2D eigenvalue weighted by Gasteiger charge is 2.32. The van der Waals surface area contributed by atoms with Crippen molar-refractivity contribution in [2.75, 3.05) is 19.7 Å². The van der Waals surface area contributed by atoms with Crippen LogP contribution in [0.25, 0.3) is 0 Å². The molecular weight excluding hydrogens is 240 g/mol. The summed E-state index contributed by atoms with van der Waals surface area (Å²) >= 11 is 0. The number of esters is 1. The fourth-order valence-corrected chi connectivity index (χ4v) is 2.52. The van der Waals surface area contributed by atoms with Crippen LogP contribution in [0.2, 0.25) is 0 Å². The molecule has 0 saturated carbocycles. The first-order valence-corrected chi connectivity index (χ1v) is 6.89. The minimum Gasteiger partial charge on any atom is -0.466 e. The van der Waals surface area contributed by atoms with Crippen molar-refractivity contribution in [3.8, 4) is 0 Å². The lowest BCUT2D eigenvalue weighted by Crippen LogP contribution is -2.50. The van der Waals surface area contributed by atoms with Crippen LogP contribution in [-0.2, 0) is 16.1 Å². The average Bonchev–Trinajstić information content (AvgIpc) is 2.42. The quantitative estimate of drug-likeness (QED) is 0.833. The highest BCUT2D eigenvalue weighted by Crippen LogP contribution is 2.19. The van der Waals surface area contributed by atoms with Gasteiger partial charge >= 0.3 is 5.97 Å². The van der Waals surface area contributed by atoms with Gasteiger partial charge in [0.2, 0.25) is 0 Å². The Labute approximate surface area is 114 Å². The molecule has 4 nitrogen and oxygen atoms in total. The molecule has 104 valence electrons. The fraction of sp³-hybridized carbons (Fsp3) is 0.533. The molecule has 2 N–H and O–H groups in total. The molecule has 2 rings (SSSR count). The lowest BCUT2D eigenvalue weighted by Gasteiger charge is -2.35. The van der Waals surface area contributed by atoms with Gasteiger partial charge in [-0.1, -0.05) is 30.3 Å². The van der Waals surface area contributed by atoms with Gasteiger partial charge in [0.05, 0.1) is 12.5 Å². The number of nitrogens with two attached hydrogens (primary N) is 1. The summed E-state index contributed by atoms with van der Waals surface area (Å²) in [5.41, 5.74) is 7.30. The molecular formula is C15H22N2O2. The molecule has 0 unspecified atom stereocenters. The number of ether oxygens (including phenoxy) is 1. The summed E-state index contributed by atoms with van der Waals surface area (Å²) in [7, 11) is 0. The second-order valence-electron chi connectivity index (χ2n) is 5.03. The number of piperidine rings is 1. The van der Waals surface area contributed by atoms with E-state index in [1.54, 1.807) is 0 Å². The van der Waals surface area contributed by atoms with Gasteiger partial charge < -0.3 is 10.5 Å². The van der Waals surface area contributed by atoms with Crippen molar-refractivity contribution in [3.05, 3.63) is 35.9 Å². The minimum absolute atomic E-state index is 0.0777. The molecule has 0 radical (unpaired) electrons. The molecule has 1 aromatic carbocycles. The van der Waals surface area contributed by atoms with Gasteiger partial charge in [0.15, 0.2) is 0 Å². The molecule has 0 spiro atoms. The normalized spacial score (nSPS) is 24.1. The van der Waals surface area contributed by atoms with E-state index in [4.69, 9.17) is 10.5 Å². The predicted octanol–water partition coefficient (Wildman–Crippen LogP) is 1.40. The van der Waals surface area contributed by atoms with Crippen LogP contribution in [-0.4, -0.2) is 36.6 Å². The van der Waals surface area contributed by atoms with Crippen molar-refractivity contribution < 1.29 is 9.53 Å². The monoisotopic (exact) mass is 262 g/mol. The Bertz CT molecular complexity index is 408. The minimum atomic E-state index is -0.197. The van der Waals surface area contributed by atoms with Gasteiger partial charge in [0, 0.05) is 25.7 Å². The van der Waals surface area contributed by atoms with Crippen LogP contribution in [0.15, 0.2) is 30.3 Å². The van der Waals surface area contributed by atoms with Gasteiger partial charge in [-0.25, -0.2) is 0 Å². The summed E-state index contributed by atoms with van der Waals surface area (Å²) in [5.74, 6) is -0.356. The van der Waals surface area contributed by atoms with Gasteiger partial charge in [-0.05, 0) is 18.9 Å². The maximum absolute atomic E-state index is 11.9. The maximum Gasteiger partial charge on any atom is 0.311 e. The Morgan fingerprint density at radius 3 is 2.84 bits per heavy atom. The predicted molar refractivity (Wildman–Crippen MR) is 74.4 cm³/mol. The second kappa shape index (κ2) is 6.68. The van der Waals surface area contributed by atoms with Gasteiger partial charge in [0.1, 0.15) is 0 Å². The summed E-state index contributed by atoms with van der Waals surface area (Å²) in [6.07, 6.45) is 0.844. The molecule has 1 heterocycles. The molecule has 1 fully saturated rings. The summed E-state index contributed by atoms with van der Waals surface area (Å²) in [6, 6.07) is 10.2. The molecule has 0 amide bonds. The van der Waals surface area contributed by atoms with Crippen molar-refractivity contribution in [1.29, 1.82) is 0 Å². The highest BCUT2D eigenvalue weighted by atomic mass is 16.5. The van der Waals surface area contributed by atoms with Crippen LogP contribution < -0.4 is 5.73 Å². The van der Waals surface area contributed by atoms with Crippen LogP contribution in [0.5, 0.6) is 0 Å². The Hall–Kier alpha value is -1.39. The van der Waals surface area contributed by atoms with Crippen molar-refractivity contribution >= 4 is 5.97 Å². The molecule has 1 saturated heterocycles. The molecule has 0 bridgehead atoms. The van der Waals surface area contributed by atoms with E-state index in [9.17, 15) is 4.79 Å². The van der Waals surface area contributed by atoms with Crippen molar-refractivity contribution in [2.45, 2.75) is 25.9 Å². The van der Waals surface area contributed by atoms with Gasteiger partial charge in [-0.15, -0.1) is 0 Å². The van der Waals surface area contributed by atoms with E-state index in [0.717, 1.165) is 19.5 Å². The van der Waals surface area contributed by atoms with Crippen LogP contribution in [0.4, 0.5) is 0 Å². The zero-order valence-corrected chi connectivity index (χ0v) is 11.4. The zero-order chi connectivity index (χ0) is 13.7. The van der Waals surface area contributed by atoms with E-state index >= 15 is 0 Å². The smallest absolute Gasteiger partial charge is 0.311 e.